The predicted molar refractivity (Wildman–Crippen MR) is 110 cm³/mol. The standard InChI is InChI=1S/C24H25F2NO/c1-2-28-22-12-11-21(23(25)24(22)26)19-6-5-17-13-16(3-4-18(17)14-19)15-7-9-20(27)10-8-15/h3-6,11-15,20H,2,7-10,27H2,1H3. The average Bonchev–Trinajstić information content (AvgIpc) is 2.71. The monoisotopic (exact) mass is 381 g/mol. The van der Waals surface area contributed by atoms with E-state index in [1.54, 1.807) is 13.0 Å². The second-order valence-corrected chi connectivity index (χ2v) is 7.61. The highest BCUT2D eigenvalue weighted by molar-refractivity contribution is 5.88. The molecule has 28 heavy (non-hydrogen) atoms. The quantitative estimate of drug-likeness (QED) is 0.587. The molecule has 4 heteroatoms. The van der Waals surface area contributed by atoms with Crippen LogP contribution in [-0.2, 0) is 0 Å². The number of benzene rings is 3. The molecule has 0 bridgehead atoms. The van der Waals surface area contributed by atoms with E-state index in [0.717, 1.165) is 36.5 Å². The fraction of sp³-hybridized carbons (Fsp3) is 0.333. The molecule has 1 fully saturated rings. The van der Waals surface area contributed by atoms with E-state index in [1.165, 1.54) is 11.6 Å². The fourth-order valence-electron chi connectivity index (χ4n) is 4.16. The summed E-state index contributed by atoms with van der Waals surface area (Å²) in [5.41, 5.74) is 8.26. The van der Waals surface area contributed by atoms with Crippen LogP contribution in [0, 0.1) is 11.6 Å². The topological polar surface area (TPSA) is 35.2 Å². The van der Waals surface area contributed by atoms with Gasteiger partial charge in [0.25, 0.3) is 0 Å². The average molecular weight is 381 g/mol. The fourth-order valence-corrected chi connectivity index (χ4v) is 4.16. The minimum Gasteiger partial charge on any atom is -0.491 e. The zero-order valence-electron chi connectivity index (χ0n) is 16.1. The van der Waals surface area contributed by atoms with Crippen molar-refractivity contribution < 1.29 is 13.5 Å². The smallest absolute Gasteiger partial charge is 0.201 e. The Hall–Kier alpha value is -2.46. The predicted octanol–water partition coefficient (Wildman–Crippen LogP) is 6.17. The molecular formula is C24H25F2NO. The first-order chi connectivity index (χ1) is 13.6. The molecule has 0 unspecified atom stereocenters. The Kier molecular flexibility index (Phi) is 5.31. The highest BCUT2D eigenvalue weighted by atomic mass is 19.2. The number of fused-ring (bicyclic) bond motifs is 1. The molecule has 1 saturated carbocycles. The van der Waals surface area contributed by atoms with Crippen molar-refractivity contribution >= 4 is 10.8 Å². The van der Waals surface area contributed by atoms with Gasteiger partial charge in [0.15, 0.2) is 11.6 Å². The number of nitrogens with two attached hydrogens (primary N) is 1. The van der Waals surface area contributed by atoms with E-state index >= 15 is 0 Å². The summed E-state index contributed by atoms with van der Waals surface area (Å²) in [6.45, 7) is 2.03. The van der Waals surface area contributed by atoms with Gasteiger partial charge in [-0.1, -0.05) is 30.3 Å². The third kappa shape index (κ3) is 3.61. The zero-order chi connectivity index (χ0) is 19.7. The van der Waals surface area contributed by atoms with Gasteiger partial charge in [-0.25, -0.2) is 4.39 Å². The van der Waals surface area contributed by atoms with Crippen molar-refractivity contribution in [3.63, 3.8) is 0 Å². The lowest BCUT2D eigenvalue weighted by Gasteiger charge is -2.26. The Labute approximate surface area is 164 Å². The third-order valence-corrected chi connectivity index (χ3v) is 5.77. The van der Waals surface area contributed by atoms with E-state index < -0.39 is 11.6 Å². The minimum atomic E-state index is -0.940. The minimum absolute atomic E-state index is 0.0543. The number of halogens is 2. The van der Waals surface area contributed by atoms with Crippen LogP contribution in [0.5, 0.6) is 5.75 Å². The van der Waals surface area contributed by atoms with Gasteiger partial charge in [-0.05, 0) is 78.6 Å². The van der Waals surface area contributed by atoms with Crippen LogP contribution >= 0.6 is 0 Å². The van der Waals surface area contributed by atoms with Crippen molar-refractivity contribution in [3.05, 3.63) is 65.7 Å². The van der Waals surface area contributed by atoms with Crippen molar-refractivity contribution in [2.45, 2.75) is 44.6 Å². The van der Waals surface area contributed by atoms with E-state index in [-0.39, 0.29) is 11.3 Å². The summed E-state index contributed by atoms with van der Waals surface area (Å²) in [5, 5.41) is 2.13. The van der Waals surface area contributed by atoms with Gasteiger partial charge in [0.2, 0.25) is 5.82 Å². The molecule has 2 nitrogen and oxygen atoms in total. The molecule has 0 heterocycles. The summed E-state index contributed by atoms with van der Waals surface area (Å²) in [7, 11) is 0. The maximum absolute atomic E-state index is 14.5. The maximum Gasteiger partial charge on any atom is 0.201 e. The van der Waals surface area contributed by atoms with Crippen molar-refractivity contribution in [3.8, 4) is 16.9 Å². The van der Waals surface area contributed by atoms with Gasteiger partial charge < -0.3 is 10.5 Å². The summed E-state index contributed by atoms with van der Waals surface area (Å²) in [6, 6.07) is 15.6. The lowest BCUT2D eigenvalue weighted by molar-refractivity contribution is 0.314. The molecule has 1 aliphatic carbocycles. The van der Waals surface area contributed by atoms with Crippen LogP contribution in [-0.4, -0.2) is 12.6 Å². The van der Waals surface area contributed by atoms with Gasteiger partial charge in [-0.15, -0.1) is 0 Å². The van der Waals surface area contributed by atoms with Crippen molar-refractivity contribution in [1.82, 2.24) is 0 Å². The molecule has 2 N–H and O–H groups in total. The molecule has 0 aromatic heterocycles. The van der Waals surface area contributed by atoms with Crippen molar-refractivity contribution in [2.24, 2.45) is 5.73 Å². The highest BCUT2D eigenvalue weighted by Gasteiger charge is 2.20. The van der Waals surface area contributed by atoms with Gasteiger partial charge in [0.05, 0.1) is 6.61 Å². The lowest BCUT2D eigenvalue weighted by Crippen LogP contribution is -2.25. The second kappa shape index (κ2) is 7.88. The van der Waals surface area contributed by atoms with Gasteiger partial charge in [0.1, 0.15) is 0 Å². The van der Waals surface area contributed by atoms with Crippen molar-refractivity contribution in [2.75, 3.05) is 6.61 Å². The van der Waals surface area contributed by atoms with Gasteiger partial charge in [-0.3, -0.25) is 0 Å². The van der Waals surface area contributed by atoms with Crippen LogP contribution in [0.15, 0.2) is 48.5 Å². The molecule has 0 amide bonds. The molecule has 0 aliphatic heterocycles. The Morgan fingerprint density at radius 1 is 0.893 bits per heavy atom. The summed E-state index contributed by atoms with van der Waals surface area (Å²) in [6.07, 6.45) is 4.40. The summed E-state index contributed by atoms with van der Waals surface area (Å²) in [4.78, 5) is 0. The highest BCUT2D eigenvalue weighted by Crippen LogP contribution is 2.35. The third-order valence-electron chi connectivity index (χ3n) is 5.77. The van der Waals surface area contributed by atoms with E-state index in [9.17, 15) is 8.78 Å². The summed E-state index contributed by atoms with van der Waals surface area (Å²) >= 11 is 0. The Bertz CT molecular complexity index is 993. The molecule has 3 aromatic carbocycles. The first-order valence-corrected chi connectivity index (χ1v) is 9.97. The van der Waals surface area contributed by atoms with Crippen LogP contribution < -0.4 is 10.5 Å². The van der Waals surface area contributed by atoms with Crippen LogP contribution in [0.3, 0.4) is 0 Å². The van der Waals surface area contributed by atoms with Crippen LogP contribution in [0.4, 0.5) is 8.78 Å². The second-order valence-electron chi connectivity index (χ2n) is 7.61. The SMILES string of the molecule is CCOc1ccc(-c2ccc3cc(C4CCC(N)CC4)ccc3c2)c(F)c1F. The molecule has 3 aromatic rings. The van der Waals surface area contributed by atoms with Crippen LogP contribution in [0.2, 0.25) is 0 Å². The molecule has 0 spiro atoms. The molecule has 146 valence electrons. The van der Waals surface area contributed by atoms with Crippen molar-refractivity contribution in [1.29, 1.82) is 0 Å². The molecule has 1 aliphatic rings. The van der Waals surface area contributed by atoms with E-state index in [4.69, 9.17) is 10.5 Å². The van der Waals surface area contributed by atoms with Gasteiger partial charge in [-0.2, -0.15) is 4.39 Å². The number of hydrogen-bond acceptors (Lipinski definition) is 2. The van der Waals surface area contributed by atoms with E-state index in [1.807, 2.05) is 18.2 Å². The number of ether oxygens (including phenoxy) is 1. The molecule has 0 atom stereocenters. The van der Waals surface area contributed by atoms with E-state index in [2.05, 4.69) is 18.2 Å². The summed E-state index contributed by atoms with van der Waals surface area (Å²) in [5.74, 6) is -1.31. The molecule has 0 radical (unpaired) electrons. The molecular weight excluding hydrogens is 356 g/mol. The van der Waals surface area contributed by atoms with Crippen LogP contribution in [0.25, 0.3) is 21.9 Å². The van der Waals surface area contributed by atoms with Crippen LogP contribution in [0.1, 0.15) is 44.1 Å². The lowest BCUT2D eigenvalue weighted by atomic mass is 9.81. The largest absolute Gasteiger partial charge is 0.491 e. The normalized spacial score (nSPS) is 19.7. The van der Waals surface area contributed by atoms with E-state index in [0.29, 0.717) is 24.1 Å². The summed E-state index contributed by atoms with van der Waals surface area (Å²) < 4.78 is 33.9. The molecule has 4 rings (SSSR count). The Balaban J connectivity index is 1.65. The zero-order valence-corrected chi connectivity index (χ0v) is 16.1. The Morgan fingerprint density at radius 2 is 1.61 bits per heavy atom. The maximum atomic E-state index is 14.5. The first-order valence-electron chi connectivity index (χ1n) is 9.97. The number of hydrogen-bond donors (Lipinski definition) is 1. The Morgan fingerprint density at radius 3 is 2.36 bits per heavy atom. The van der Waals surface area contributed by atoms with Gasteiger partial charge >= 0.3 is 0 Å². The molecule has 0 saturated heterocycles. The first kappa shape index (κ1) is 18.9. The van der Waals surface area contributed by atoms with Gasteiger partial charge in [0, 0.05) is 11.6 Å². The number of rotatable bonds is 4.